The summed E-state index contributed by atoms with van der Waals surface area (Å²) in [6.45, 7) is 19.0. The normalized spacial score (nSPS) is 13.5. The summed E-state index contributed by atoms with van der Waals surface area (Å²) in [7, 11) is 0. The Hall–Kier alpha value is -7.62. The van der Waals surface area contributed by atoms with Gasteiger partial charge < -0.3 is 9.32 Å². The summed E-state index contributed by atoms with van der Waals surface area (Å²) in [6.07, 6.45) is 0. The van der Waals surface area contributed by atoms with E-state index in [1.165, 1.54) is 98.5 Å². The molecule has 338 valence electrons. The van der Waals surface area contributed by atoms with Gasteiger partial charge in [-0.15, -0.1) is 0 Å². The summed E-state index contributed by atoms with van der Waals surface area (Å²) in [5, 5.41) is 12.7. The molecule has 12 aromatic rings. The van der Waals surface area contributed by atoms with Crippen molar-refractivity contribution in [1.29, 1.82) is 0 Å². The highest BCUT2D eigenvalue weighted by molar-refractivity contribution is 6.98. The van der Waals surface area contributed by atoms with E-state index in [1.54, 1.807) is 0 Å². The zero-order valence-electron chi connectivity index (χ0n) is 41.4. The monoisotopic (exact) mass is 901 g/mol. The van der Waals surface area contributed by atoms with Crippen LogP contribution in [0.15, 0.2) is 199 Å². The Morgan fingerprint density at radius 1 is 0.414 bits per heavy atom. The first kappa shape index (κ1) is 42.5. The molecule has 0 saturated heterocycles. The molecule has 0 unspecified atom stereocenters. The summed E-state index contributed by atoms with van der Waals surface area (Å²) < 4.78 is 7.05. The maximum atomic E-state index is 7.05. The Kier molecular flexibility index (Phi) is 9.22. The molecular weight excluding hydrogens is 846 g/mol. The number of benzene rings is 11. The summed E-state index contributed by atoms with van der Waals surface area (Å²) in [4.78, 5) is 2.49. The summed E-state index contributed by atoms with van der Waals surface area (Å²) in [5.41, 5.74) is 16.6. The zero-order chi connectivity index (χ0) is 47.8. The molecule has 1 aromatic heterocycles. The van der Waals surface area contributed by atoms with Gasteiger partial charge in [-0.1, -0.05) is 224 Å². The van der Waals surface area contributed by atoms with E-state index in [9.17, 15) is 0 Å². The van der Waals surface area contributed by atoms with Crippen molar-refractivity contribution in [3.63, 3.8) is 0 Å². The number of furan rings is 1. The SMILES string of the molecule is CC(C)(C)c1cc(N(c2ccccc2)c2ccccc2)c2c3ccccc3c3c(C(C)(C)C)cc(B(c4ccc5c(c4)C(C)(C)c4ccccc4-5)c4cccc5c4oc4ccccc45)c4ccc1c2c43. The summed E-state index contributed by atoms with van der Waals surface area (Å²) >= 11 is 0. The van der Waals surface area contributed by atoms with Gasteiger partial charge in [0.05, 0.1) is 5.69 Å². The molecule has 0 radical (unpaired) electrons. The van der Waals surface area contributed by atoms with Gasteiger partial charge in [-0.05, 0) is 118 Å². The van der Waals surface area contributed by atoms with Crippen LogP contribution in [0.1, 0.15) is 77.6 Å². The van der Waals surface area contributed by atoms with E-state index < -0.39 is 0 Å². The molecular formula is C67H56BNO. The van der Waals surface area contributed by atoms with Crippen molar-refractivity contribution in [3.8, 4) is 11.1 Å². The molecule has 0 atom stereocenters. The third kappa shape index (κ3) is 6.20. The van der Waals surface area contributed by atoms with Gasteiger partial charge in [-0.3, -0.25) is 0 Å². The number of para-hydroxylation sites is 4. The molecule has 0 spiro atoms. The van der Waals surface area contributed by atoms with E-state index in [0.29, 0.717) is 0 Å². The van der Waals surface area contributed by atoms with Crippen molar-refractivity contribution in [2.45, 2.75) is 71.6 Å². The van der Waals surface area contributed by atoms with Gasteiger partial charge in [0.2, 0.25) is 6.71 Å². The van der Waals surface area contributed by atoms with Crippen LogP contribution in [-0.4, -0.2) is 6.71 Å². The van der Waals surface area contributed by atoms with Crippen LogP contribution in [0.5, 0.6) is 0 Å². The summed E-state index contributed by atoms with van der Waals surface area (Å²) in [6, 6.07) is 72.8. The molecule has 0 saturated carbocycles. The van der Waals surface area contributed by atoms with Crippen molar-refractivity contribution in [2.75, 3.05) is 4.90 Å². The standard InChI is InChI=1S/C67H56BNO/c1-65(2,3)53-40-58(69(42-22-11-9-12-23-42)43-24-13-10-14-25-43)61-48-29-16-15-28-47(48)60-55(66(4,5)6)39-57(51-37-36-50(53)62(61)63(51)60)68(56-32-21-30-49-46-27-18-20-33-59(46)70-64(49)56)41-34-35-45-44-26-17-19-31-52(44)67(7,8)54(45)38-41/h9-40H,1-8H3. The third-order valence-electron chi connectivity index (χ3n) is 15.8. The highest BCUT2D eigenvalue weighted by Crippen LogP contribution is 2.53. The van der Waals surface area contributed by atoms with Gasteiger partial charge in [0.1, 0.15) is 11.2 Å². The van der Waals surface area contributed by atoms with Crippen molar-refractivity contribution in [1.82, 2.24) is 0 Å². The number of anilines is 3. The Bertz CT molecular complexity index is 4010. The molecule has 13 rings (SSSR count). The van der Waals surface area contributed by atoms with E-state index in [4.69, 9.17) is 4.42 Å². The van der Waals surface area contributed by atoms with Crippen LogP contribution in [0, 0.1) is 0 Å². The van der Waals surface area contributed by atoms with E-state index in [2.05, 4.69) is 254 Å². The van der Waals surface area contributed by atoms with Gasteiger partial charge in [0.25, 0.3) is 0 Å². The first-order valence-corrected chi connectivity index (χ1v) is 25.0. The second kappa shape index (κ2) is 15.2. The third-order valence-corrected chi connectivity index (χ3v) is 15.8. The Morgan fingerprint density at radius 2 is 0.986 bits per heavy atom. The summed E-state index contributed by atoms with van der Waals surface area (Å²) in [5.74, 6) is 0. The van der Waals surface area contributed by atoms with Crippen LogP contribution >= 0.6 is 0 Å². The number of rotatable bonds is 6. The predicted octanol–water partition coefficient (Wildman–Crippen LogP) is 16.5. The quantitative estimate of drug-likeness (QED) is 0.0939. The zero-order valence-corrected chi connectivity index (χ0v) is 41.4. The molecule has 0 amide bonds. The average molecular weight is 902 g/mol. The number of fused-ring (bicyclic) bond motifs is 9. The maximum Gasteiger partial charge on any atom is 0.246 e. The van der Waals surface area contributed by atoms with Gasteiger partial charge >= 0.3 is 0 Å². The lowest BCUT2D eigenvalue weighted by Crippen LogP contribution is -2.53. The largest absolute Gasteiger partial charge is 0.457 e. The average Bonchev–Trinajstić information content (AvgIpc) is 3.86. The van der Waals surface area contributed by atoms with Crippen molar-refractivity contribution >= 4 is 105 Å². The maximum absolute atomic E-state index is 7.05. The van der Waals surface area contributed by atoms with Crippen LogP contribution in [0.3, 0.4) is 0 Å². The van der Waals surface area contributed by atoms with Crippen LogP contribution in [0.25, 0.3) is 76.2 Å². The van der Waals surface area contributed by atoms with Crippen molar-refractivity contribution in [2.24, 2.45) is 0 Å². The Labute approximate surface area is 411 Å². The molecule has 2 nitrogen and oxygen atoms in total. The molecule has 1 heterocycles. The van der Waals surface area contributed by atoms with E-state index in [1.807, 2.05) is 0 Å². The minimum atomic E-state index is -0.215. The number of hydrogen-bond acceptors (Lipinski definition) is 2. The van der Waals surface area contributed by atoms with Crippen molar-refractivity contribution < 1.29 is 4.42 Å². The minimum absolute atomic E-state index is 0.168. The molecule has 3 heteroatoms. The number of hydrogen-bond donors (Lipinski definition) is 0. The lowest BCUT2D eigenvalue weighted by molar-refractivity contribution is 0.596. The molecule has 11 aromatic carbocycles. The molecule has 1 aliphatic carbocycles. The first-order valence-electron chi connectivity index (χ1n) is 25.0. The fraction of sp³-hybridized carbons (Fsp3) is 0.164. The minimum Gasteiger partial charge on any atom is -0.457 e. The molecule has 0 fully saturated rings. The van der Waals surface area contributed by atoms with E-state index >= 15 is 0 Å². The lowest BCUT2D eigenvalue weighted by Gasteiger charge is -2.33. The number of nitrogens with zero attached hydrogens (tertiary/aromatic N) is 1. The van der Waals surface area contributed by atoms with Gasteiger partial charge in [0, 0.05) is 38.3 Å². The highest BCUT2D eigenvalue weighted by Gasteiger charge is 2.38. The Balaban J connectivity index is 1.22. The first-order chi connectivity index (χ1) is 33.8. The fourth-order valence-electron chi connectivity index (χ4n) is 12.5. The second-order valence-electron chi connectivity index (χ2n) is 22.4. The van der Waals surface area contributed by atoms with Crippen LogP contribution in [-0.2, 0) is 16.2 Å². The van der Waals surface area contributed by atoms with Crippen LogP contribution in [0.2, 0.25) is 0 Å². The van der Waals surface area contributed by atoms with Crippen LogP contribution < -0.4 is 21.3 Å². The van der Waals surface area contributed by atoms with Gasteiger partial charge in [-0.2, -0.15) is 0 Å². The van der Waals surface area contributed by atoms with E-state index in [0.717, 1.165) is 33.3 Å². The van der Waals surface area contributed by atoms with Crippen LogP contribution in [0.4, 0.5) is 17.1 Å². The second-order valence-corrected chi connectivity index (χ2v) is 22.4. The van der Waals surface area contributed by atoms with Gasteiger partial charge in [-0.25, -0.2) is 0 Å². The Morgan fingerprint density at radius 3 is 1.69 bits per heavy atom. The van der Waals surface area contributed by atoms with Crippen molar-refractivity contribution in [3.05, 3.63) is 216 Å². The molecule has 0 aliphatic heterocycles. The predicted molar refractivity (Wildman–Crippen MR) is 302 cm³/mol. The molecule has 70 heavy (non-hydrogen) atoms. The molecule has 1 aliphatic rings. The fourth-order valence-corrected chi connectivity index (χ4v) is 12.5. The van der Waals surface area contributed by atoms with Gasteiger partial charge in [0.15, 0.2) is 0 Å². The highest BCUT2D eigenvalue weighted by atomic mass is 16.3. The molecule has 0 N–H and O–H groups in total. The van der Waals surface area contributed by atoms with E-state index in [-0.39, 0.29) is 23.0 Å². The smallest absolute Gasteiger partial charge is 0.246 e. The molecule has 0 bridgehead atoms. The topological polar surface area (TPSA) is 16.4 Å². The lowest BCUT2D eigenvalue weighted by atomic mass is 9.35.